The molecule has 2 fully saturated rings. The number of nitrogens with zero attached hydrogens (tertiary/aromatic N) is 3. The Labute approximate surface area is 138 Å². The summed E-state index contributed by atoms with van der Waals surface area (Å²) in [5, 5.41) is 10.8. The molecule has 2 N–H and O–H groups in total. The van der Waals surface area contributed by atoms with Crippen LogP contribution in [0.3, 0.4) is 0 Å². The Morgan fingerprint density at radius 3 is 3.04 bits per heavy atom. The summed E-state index contributed by atoms with van der Waals surface area (Å²) < 4.78 is 0. The van der Waals surface area contributed by atoms with Crippen LogP contribution in [0.15, 0.2) is 29.6 Å². The van der Waals surface area contributed by atoms with Crippen LogP contribution in [-0.2, 0) is 4.79 Å². The highest BCUT2D eigenvalue weighted by Crippen LogP contribution is 2.44. The van der Waals surface area contributed by atoms with Gasteiger partial charge in [0.2, 0.25) is 11.1 Å². The minimum atomic E-state index is 0.0803. The molecule has 0 saturated heterocycles. The van der Waals surface area contributed by atoms with Gasteiger partial charge in [-0.25, -0.2) is 0 Å². The van der Waals surface area contributed by atoms with Crippen LogP contribution in [0.2, 0.25) is 0 Å². The van der Waals surface area contributed by atoms with Crippen LogP contribution in [0, 0.1) is 11.8 Å². The molecule has 0 spiro atoms. The zero-order valence-corrected chi connectivity index (χ0v) is 13.6. The lowest BCUT2D eigenvalue weighted by Gasteiger charge is -2.22. The van der Waals surface area contributed by atoms with Gasteiger partial charge < -0.3 is 5.32 Å². The Bertz CT molecular complexity index is 689. The van der Waals surface area contributed by atoms with Crippen LogP contribution >= 0.6 is 11.8 Å². The van der Waals surface area contributed by atoms with Crippen LogP contribution in [0.25, 0.3) is 11.5 Å². The van der Waals surface area contributed by atoms with Gasteiger partial charge in [-0.1, -0.05) is 24.2 Å². The second kappa shape index (κ2) is 6.31. The number of pyridine rings is 1. The molecule has 6 nitrogen and oxygen atoms in total. The van der Waals surface area contributed by atoms with E-state index in [-0.39, 0.29) is 5.91 Å². The lowest BCUT2D eigenvalue weighted by Crippen LogP contribution is -2.39. The van der Waals surface area contributed by atoms with Crippen molar-refractivity contribution in [2.75, 3.05) is 5.75 Å². The number of hydrogen-bond acceptors (Lipinski definition) is 5. The quantitative estimate of drug-likeness (QED) is 0.822. The highest BCUT2D eigenvalue weighted by molar-refractivity contribution is 7.99. The number of fused-ring (bicyclic) bond motifs is 2. The van der Waals surface area contributed by atoms with Gasteiger partial charge in [0.15, 0.2) is 5.82 Å². The number of aromatic amines is 1. The van der Waals surface area contributed by atoms with Crippen LogP contribution in [-0.4, -0.2) is 37.9 Å². The van der Waals surface area contributed by atoms with Crippen molar-refractivity contribution in [3.05, 3.63) is 24.4 Å². The molecule has 0 aliphatic heterocycles. The van der Waals surface area contributed by atoms with E-state index in [1.165, 1.54) is 31.0 Å². The third-order valence-corrected chi connectivity index (χ3v) is 5.64. The fourth-order valence-electron chi connectivity index (χ4n) is 3.73. The summed E-state index contributed by atoms with van der Waals surface area (Å²) >= 11 is 1.35. The number of amides is 1. The molecule has 23 heavy (non-hydrogen) atoms. The zero-order valence-electron chi connectivity index (χ0n) is 12.7. The van der Waals surface area contributed by atoms with Crippen molar-refractivity contribution in [2.45, 2.75) is 36.9 Å². The normalized spacial score (nSPS) is 25.7. The molecule has 3 atom stereocenters. The fraction of sp³-hybridized carbons (Fsp3) is 0.500. The molecule has 4 rings (SSSR count). The molecule has 2 bridgehead atoms. The van der Waals surface area contributed by atoms with Gasteiger partial charge in [0.25, 0.3) is 0 Å². The molecule has 2 aromatic rings. The Kier molecular flexibility index (Phi) is 4.03. The molecule has 2 saturated carbocycles. The molecule has 2 aromatic heterocycles. The van der Waals surface area contributed by atoms with Crippen molar-refractivity contribution in [2.24, 2.45) is 11.8 Å². The van der Waals surface area contributed by atoms with Gasteiger partial charge in [-0.05, 0) is 43.2 Å². The summed E-state index contributed by atoms with van der Waals surface area (Å²) in [6, 6.07) is 6.02. The van der Waals surface area contributed by atoms with E-state index in [4.69, 9.17) is 0 Å². The summed E-state index contributed by atoms with van der Waals surface area (Å²) in [4.78, 5) is 20.7. The van der Waals surface area contributed by atoms with E-state index >= 15 is 0 Å². The number of carbonyl (C=O) groups is 1. The fourth-order valence-corrected chi connectivity index (χ4v) is 4.34. The lowest BCUT2D eigenvalue weighted by atomic mass is 9.95. The first-order valence-corrected chi connectivity index (χ1v) is 9.02. The molecular formula is C16H19N5OS. The van der Waals surface area contributed by atoms with Gasteiger partial charge in [0.1, 0.15) is 5.69 Å². The monoisotopic (exact) mass is 329 g/mol. The highest BCUT2D eigenvalue weighted by atomic mass is 32.2. The van der Waals surface area contributed by atoms with Crippen molar-refractivity contribution >= 4 is 17.7 Å². The van der Waals surface area contributed by atoms with E-state index < -0.39 is 0 Å². The molecule has 2 aliphatic carbocycles. The zero-order chi connectivity index (χ0) is 15.6. The number of nitrogens with one attached hydrogen (secondary N) is 2. The highest BCUT2D eigenvalue weighted by Gasteiger charge is 2.39. The predicted molar refractivity (Wildman–Crippen MR) is 87.7 cm³/mol. The van der Waals surface area contributed by atoms with Gasteiger partial charge in [0.05, 0.1) is 5.75 Å². The Balaban J connectivity index is 1.29. The van der Waals surface area contributed by atoms with Crippen LogP contribution < -0.4 is 5.32 Å². The molecule has 0 radical (unpaired) electrons. The van der Waals surface area contributed by atoms with E-state index in [2.05, 4.69) is 25.5 Å². The Morgan fingerprint density at radius 1 is 1.35 bits per heavy atom. The maximum atomic E-state index is 12.1. The second-order valence-corrected chi connectivity index (χ2v) is 7.26. The molecular weight excluding hydrogens is 310 g/mol. The number of thioether (sulfide) groups is 1. The Hall–Kier alpha value is -1.89. The van der Waals surface area contributed by atoms with Crippen molar-refractivity contribution in [3.63, 3.8) is 0 Å². The summed E-state index contributed by atoms with van der Waals surface area (Å²) in [6.07, 6.45) is 6.79. The Morgan fingerprint density at radius 2 is 2.30 bits per heavy atom. The number of carbonyl (C=O) groups excluding carboxylic acids is 1. The average Bonchev–Trinajstić information content (AvgIpc) is 3.30. The lowest BCUT2D eigenvalue weighted by molar-refractivity contribution is -0.119. The average molecular weight is 329 g/mol. The molecule has 120 valence electrons. The third-order valence-electron chi connectivity index (χ3n) is 4.79. The van der Waals surface area contributed by atoms with E-state index in [1.807, 2.05) is 18.2 Å². The number of aromatic nitrogens is 4. The van der Waals surface area contributed by atoms with Gasteiger partial charge >= 0.3 is 0 Å². The molecule has 1 amide bonds. The minimum Gasteiger partial charge on any atom is -0.352 e. The molecule has 2 aliphatic rings. The predicted octanol–water partition coefficient (Wildman–Crippen LogP) is 2.26. The third kappa shape index (κ3) is 3.24. The summed E-state index contributed by atoms with van der Waals surface area (Å²) in [5.74, 6) is 2.60. The van der Waals surface area contributed by atoms with Crippen molar-refractivity contribution in [3.8, 4) is 11.5 Å². The van der Waals surface area contributed by atoms with Gasteiger partial charge in [-0.15, -0.1) is 5.10 Å². The van der Waals surface area contributed by atoms with E-state index in [0.29, 0.717) is 28.7 Å². The first-order chi connectivity index (χ1) is 11.3. The standard InChI is InChI=1S/C16H19N5OS/c22-14(18-13-8-10-4-5-11(13)7-10)9-23-16-19-15(20-21-16)12-3-1-2-6-17-12/h1-3,6,10-11,13H,4-5,7-9H2,(H,18,22)(H,19,20,21). The SMILES string of the molecule is O=C(CSc1n[nH]c(-c2ccccn2)n1)NC1CC2CCC1C2. The smallest absolute Gasteiger partial charge is 0.230 e. The van der Waals surface area contributed by atoms with Crippen molar-refractivity contribution in [1.29, 1.82) is 0 Å². The number of rotatable bonds is 5. The second-order valence-electron chi connectivity index (χ2n) is 6.32. The van der Waals surface area contributed by atoms with Gasteiger partial charge in [0, 0.05) is 12.2 Å². The topological polar surface area (TPSA) is 83.6 Å². The largest absolute Gasteiger partial charge is 0.352 e. The first kappa shape index (κ1) is 14.7. The number of H-pyrrole nitrogens is 1. The molecule has 7 heteroatoms. The number of hydrogen-bond donors (Lipinski definition) is 2. The maximum Gasteiger partial charge on any atom is 0.230 e. The van der Waals surface area contributed by atoms with Crippen molar-refractivity contribution < 1.29 is 4.79 Å². The summed E-state index contributed by atoms with van der Waals surface area (Å²) in [5.41, 5.74) is 0.748. The maximum absolute atomic E-state index is 12.1. The minimum absolute atomic E-state index is 0.0803. The van der Waals surface area contributed by atoms with Gasteiger partial charge in [-0.2, -0.15) is 4.98 Å². The van der Waals surface area contributed by atoms with E-state index in [9.17, 15) is 4.79 Å². The summed E-state index contributed by atoms with van der Waals surface area (Å²) in [7, 11) is 0. The van der Waals surface area contributed by atoms with E-state index in [1.54, 1.807) is 6.20 Å². The van der Waals surface area contributed by atoms with Crippen LogP contribution in [0.1, 0.15) is 25.7 Å². The molecule has 3 unspecified atom stereocenters. The van der Waals surface area contributed by atoms with Crippen LogP contribution in [0.4, 0.5) is 0 Å². The molecule has 2 heterocycles. The van der Waals surface area contributed by atoms with Gasteiger partial charge in [-0.3, -0.25) is 14.9 Å². The van der Waals surface area contributed by atoms with Crippen LogP contribution in [0.5, 0.6) is 0 Å². The van der Waals surface area contributed by atoms with Crippen molar-refractivity contribution in [1.82, 2.24) is 25.5 Å². The summed E-state index contributed by atoms with van der Waals surface area (Å²) in [6.45, 7) is 0. The first-order valence-electron chi connectivity index (χ1n) is 8.04. The van der Waals surface area contributed by atoms with E-state index in [0.717, 1.165) is 18.0 Å². The molecule has 0 aromatic carbocycles.